The quantitative estimate of drug-likeness (QED) is 0.258. The van der Waals surface area contributed by atoms with Gasteiger partial charge in [-0.2, -0.15) is 0 Å². The van der Waals surface area contributed by atoms with Crippen LogP contribution in [0, 0.1) is 10.1 Å². The normalized spacial score (nSPS) is 15.4. The molecule has 2 aromatic rings. The number of carbonyl (C=O) groups excluding carboxylic acids is 2. The third-order valence-corrected chi connectivity index (χ3v) is 6.43. The number of rotatable bonds is 7. The number of aliphatic hydroxyl groups excluding tert-OH is 1. The van der Waals surface area contributed by atoms with Crippen LogP contribution in [0.1, 0.15) is 11.1 Å². The molecule has 150 valence electrons. The lowest BCUT2D eigenvalue weighted by Crippen LogP contribution is -2.27. The van der Waals surface area contributed by atoms with Crippen LogP contribution in [0.15, 0.2) is 56.7 Å². The van der Waals surface area contributed by atoms with E-state index in [-0.39, 0.29) is 29.0 Å². The molecule has 7 nitrogen and oxygen atoms in total. The van der Waals surface area contributed by atoms with Crippen molar-refractivity contribution in [2.45, 2.75) is 11.4 Å². The van der Waals surface area contributed by atoms with Gasteiger partial charge in [-0.15, -0.1) is 11.8 Å². The van der Waals surface area contributed by atoms with Crippen LogP contribution in [0.4, 0.5) is 10.5 Å². The monoisotopic (exact) mass is 494 g/mol. The summed E-state index contributed by atoms with van der Waals surface area (Å²) >= 11 is 5.33. The van der Waals surface area contributed by atoms with Crippen molar-refractivity contribution in [3.63, 3.8) is 0 Å². The molecule has 1 aliphatic heterocycles. The number of amides is 2. The van der Waals surface area contributed by atoms with E-state index in [9.17, 15) is 19.7 Å². The van der Waals surface area contributed by atoms with E-state index >= 15 is 0 Å². The Morgan fingerprint density at radius 1 is 1.21 bits per heavy atom. The molecular weight excluding hydrogens is 480 g/mol. The van der Waals surface area contributed by atoms with Crippen molar-refractivity contribution in [2.24, 2.45) is 0 Å². The molecule has 0 aliphatic carbocycles. The third kappa shape index (κ3) is 5.27. The van der Waals surface area contributed by atoms with Gasteiger partial charge in [0.2, 0.25) is 0 Å². The SMILES string of the molecule is O=C1S/C(=C\c2ccc(SCCO)c([N+](=O)[O-])c2)C(=O)N1Cc1ccc(Br)cc1. The molecule has 0 unspecified atom stereocenters. The van der Waals surface area contributed by atoms with Crippen LogP contribution in [-0.2, 0) is 11.3 Å². The molecule has 0 atom stereocenters. The third-order valence-electron chi connectivity index (χ3n) is 3.95. The van der Waals surface area contributed by atoms with Gasteiger partial charge in [0, 0.05) is 16.3 Å². The van der Waals surface area contributed by atoms with Crippen molar-refractivity contribution >= 4 is 62.4 Å². The molecule has 1 fully saturated rings. The van der Waals surface area contributed by atoms with Crippen molar-refractivity contribution < 1.29 is 19.6 Å². The number of thioether (sulfide) groups is 2. The second kappa shape index (κ2) is 9.57. The van der Waals surface area contributed by atoms with Crippen LogP contribution in [0.5, 0.6) is 0 Å². The van der Waals surface area contributed by atoms with Crippen LogP contribution in [0.25, 0.3) is 6.08 Å². The molecule has 0 bridgehead atoms. The molecule has 0 aromatic heterocycles. The largest absolute Gasteiger partial charge is 0.396 e. The summed E-state index contributed by atoms with van der Waals surface area (Å²) in [5.74, 6) is -0.0842. The van der Waals surface area contributed by atoms with E-state index < -0.39 is 10.8 Å². The highest BCUT2D eigenvalue weighted by atomic mass is 79.9. The minimum Gasteiger partial charge on any atom is -0.396 e. The number of hydrogen-bond acceptors (Lipinski definition) is 7. The number of imide groups is 1. The summed E-state index contributed by atoms with van der Waals surface area (Å²) in [5.41, 5.74) is 1.17. The lowest BCUT2D eigenvalue weighted by molar-refractivity contribution is -0.387. The summed E-state index contributed by atoms with van der Waals surface area (Å²) in [7, 11) is 0. The number of benzene rings is 2. The molecule has 1 N–H and O–H groups in total. The molecule has 29 heavy (non-hydrogen) atoms. The van der Waals surface area contributed by atoms with Gasteiger partial charge in [-0.3, -0.25) is 24.6 Å². The number of nitro benzene ring substituents is 1. The average Bonchev–Trinajstić information content (AvgIpc) is 2.95. The fourth-order valence-electron chi connectivity index (χ4n) is 2.60. The van der Waals surface area contributed by atoms with E-state index in [1.807, 2.05) is 24.3 Å². The highest BCUT2D eigenvalue weighted by Crippen LogP contribution is 2.35. The predicted molar refractivity (Wildman–Crippen MR) is 117 cm³/mol. The molecule has 0 radical (unpaired) electrons. The Bertz CT molecular complexity index is 995. The van der Waals surface area contributed by atoms with E-state index in [2.05, 4.69) is 15.9 Å². The summed E-state index contributed by atoms with van der Waals surface area (Å²) in [6, 6.07) is 11.9. The second-order valence-corrected chi connectivity index (χ2v) is 9.00. The second-order valence-electron chi connectivity index (χ2n) is 5.95. The summed E-state index contributed by atoms with van der Waals surface area (Å²) in [4.78, 5) is 37.6. The van der Waals surface area contributed by atoms with Gasteiger partial charge in [0.15, 0.2) is 0 Å². The molecule has 3 rings (SSSR count). The Balaban J connectivity index is 1.82. The van der Waals surface area contributed by atoms with Crippen LogP contribution in [0.3, 0.4) is 0 Å². The minimum absolute atomic E-state index is 0.0882. The van der Waals surface area contributed by atoms with Gasteiger partial charge in [0.1, 0.15) is 0 Å². The Hall–Kier alpha value is -2.14. The molecule has 1 saturated heterocycles. The molecule has 1 heterocycles. The van der Waals surface area contributed by atoms with Gasteiger partial charge >= 0.3 is 0 Å². The zero-order chi connectivity index (χ0) is 21.0. The molecule has 1 aliphatic rings. The zero-order valence-electron chi connectivity index (χ0n) is 14.9. The molecular formula is C19H15BrN2O5S2. The van der Waals surface area contributed by atoms with E-state index in [0.717, 1.165) is 26.7 Å². The summed E-state index contributed by atoms with van der Waals surface area (Å²) < 4.78 is 0.900. The van der Waals surface area contributed by atoms with Gasteiger partial charge in [-0.1, -0.05) is 34.1 Å². The fraction of sp³-hybridized carbons (Fsp3) is 0.158. The Morgan fingerprint density at radius 2 is 1.93 bits per heavy atom. The topological polar surface area (TPSA) is 101 Å². The molecule has 0 saturated carbocycles. The summed E-state index contributed by atoms with van der Waals surface area (Å²) in [6.07, 6.45) is 1.49. The van der Waals surface area contributed by atoms with Gasteiger partial charge in [0.25, 0.3) is 16.8 Å². The van der Waals surface area contributed by atoms with Gasteiger partial charge in [0.05, 0.1) is 27.9 Å². The summed E-state index contributed by atoms with van der Waals surface area (Å²) in [5, 5.41) is 19.9. The number of aliphatic hydroxyl groups is 1. The van der Waals surface area contributed by atoms with Crippen molar-refractivity contribution in [2.75, 3.05) is 12.4 Å². The van der Waals surface area contributed by atoms with Gasteiger partial charge < -0.3 is 5.11 Å². The maximum atomic E-state index is 12.7. The zero-order valence-corrected chi connectivity index (χ0v) is 18.1. The first-order valence-electron chi connectivity index (χ1n) is 8.41. The molecule has 2 aromatic carbocycles. The smallest absolute Gasteiger partial charge is 0.293 e. The van der Waals surface area contributed by atoms with E-state index in [0.29, 0.717) is 16.2 Å². The Morgan fingerprint density at radius 3 is 2.59 bits per heavy atom. The molecule has 0 spiro atoms. The van der Waals surface area contributed by atoms with Crippen LogP contribution < -0.4 is 0 Å². The Kier molecular flexibility index (Phi) is 7.12. The fourth-order valence-corrected chi connectivity index (χ4v) is 4.46. The van der Waals surface area contributed by atoms with Crippen LogP contribution in [0.2, 0.25) is 0 Å². The van der Waals surface area contributed by atoms with Crippen LogP contribution in [-0.4, -0.2) is 38.4 Å². The number of hydrogen-bond donors (Lipinski definition) is 1. The van der Waals surface area contributed by atoms with Crippen molar-refractivity contribution in [3.05, 3.63) is 73.1 Å². The molecule has 2 amide bonds. The lowest BCUT2D eigenvalue weighted by atomic mass is 10.1. The van der Waals surface area contributed by atoms with Crippen molar-refractivity contribution in [1.82, 2.24) is 4.90 Å². The standard InChI is InChI=1S/C19H15BrN2O5S2/c20-14-4-1-12(2-5-14)11-21-18(24)17(29-19(21)25)10-13-3-6-16(28-8-7-23)15(9-13)22(26)27/h1-6,9-10,23H,7-8,11H2/b17-10-. The van der Waals surface area contributed by atoms with Crippen LogP contribution >= 0.6 is 39.5 Å². The number of carbonyl (C=O) groups is 2. The first kappa shape index (κ1) is 21.6. The van der Waals surface area contributed by atoms with E-state index in [1.165, 1.54) is 23.9 Å². The van der Waals surface area contributed by atoms with Crippen molar-refractivity contribution in [1.29, 1.82) is 0 Å². The number of halogens is 1. The number of nitro groups is 1. The maximum Gasteiger partial charge on any atom is 0.293 e. The van der Waals surface area contributed by atoms with Gasteiger partial charge in [-0.25, -0.2) is 0 Å². The average molecular weight is 495 g/mol. The maximum absolute atomic E-state index is 12.7. The minimum atomic E-state index is -0.504. The van der Waals surface area contributed by atoms with Gasteiger partial charge in [-0.05, 0) is 47.2 Å². The van der Waals surface area contributed by atoms with E-state index in [1.54, 1.807) is 12.1 Å². The molecule has 10 heteroatoms. The van der Waals surface area contributed by atoms with E-state index in [4.69, 9.17) is 5.11 Å². The lowest BCUT2D eigenvalue weighted by Gasteiger charge is -2.12. The first-order valence-corrected chi connectivity index (χ1v) is 11.0. The highest BCUT2D eigenvalue weighted by Gasteiger charge is 2.35. The summed E-state index contributed by atoms with van der Waals surface area (Å²) in [6.45, 7) is 0.0707. The Labute approximate surface area is 183 Å². The first-order chi connectivity index (χ1) is 13.9. The number of nitrogens with zero attached hydrogens (tertiary/aromatic N) is 2. The highest BCUT2D eigenvalue weighted by molar-refractivity contribution is 9.10. The predicted octanol–water partition coefficient (Wildman–Crippen LogP) is 4.68. The van der Waals surface area contributed by atoms with Crippen molar-refractivity contribution in [3.8, 4) is 0 Å².